The minimum Gasteiger partial charge on any atom is -0.454 e. The summed E-state index contributed by atoms with van der Waals surface area (Å²) in [5.74, 6) is 1.84. The summed E-state index contributed by atoms with van der Waals surface area (Å²) in [5, 5.41) is 0.792. The molecule has 28 heavy (non-hydrogen) atoms. The molecular weight excluding hydrogens is 366 g/mol. The summed E-state index contributed by atoms with van der Waals surface area (Å²) < 4.78 is 27.0. The molecule has 8 heteroatoms. The molecule has 1 atom stereocenters. The van der Waals surface area contributed by atoms with Crippen molar-refractivity contribution in [3.8, 4) is 28.7 Å². The predicted molar refractivity (Wildman–Crippen MR) is 95.4 cm³/mol. The summed E-state index contributed by atoms with van der Waals surface area (Å²) in [6.07, 6.45) is 0.0613. The highest BCUT2D eigenvalue weighted by Gasteiger charge is 2.33. The van der Waals surface area contributed by atoms with Gasteiger partial charge in [0, 0.05) is 34.6 Å². The van der Waals surface area contributed by atoms with Crippen molar-refractivity contribution in [1.29, 1.82) is 0 Å². The lowest BCUT2D eigenvalue weighted by Gasteiger charge is -2.24. The standard InChI is InChI=1S/C20H13NO7/c22-19-4-10(11-3-16-18(27-8-25-16)6-14(11)28-19)12-1-9-2-15-17(26-7-24-15)5-13(9)21-20(12)23/h1-3,5-6,10H,4,7-8H2,(H,21,23)/t10-/m0/s1. The van der Waals surface area contributed by atoms with Crippen molar-refractivity contribution in [2.75, 3.05) is 13.6 Å². The van der Waals surface area contributed by atoms with Crippen molar-refractivity contribution >= 4 is 16.9 Å². The third-order valence-electron chi connectivity index (χ3n) is 5.22. The highest BCUT2D eigenvalue weighted by atomic mass is 16.7. The summed E-state index contributed by atoms with van der Waals surface area (Å²) in [7, 11) is 0. The number of carbonyl (C=O) groups excluding carboxylic acids is 1. The highest BCUT2D eigenvalue weighted by molar-refractivity contribution is 5.84. The van der Waals surface area contributed by atoms with Gasteiger partial charge in [0.2, 0.25) is 13.6 Å². The van der Waals surface area contributed by atoms with Crippen LogP contribution in [0.4, 0.5) is 0 Å². The Morgan fingerprint density at radius 2 is 1.43 bits per heavy atom. The van der Waals surface area contributed by atoms with E-state index in [1.165, 1.54) is 0 Å². The topological polar surface area (TPSA) is 96.1 Å². The molecule has 0 bridgehead atoms. The van der Waals surface area contributed by atoms with Crippen LogP contribution in [0.15, 0.2) is 35.1 Å². The zero-order valence-corrected chi connectivity index (χ0v) is 14.4. The van der Waals surface area contributed by atoms with Crippen LogP contribution >= 0.6 is 0 Å². The van der Waals surface area contributed by atoms with Crippen LogP contribution in [0.5, 0.6) is 28.7 Å². The van der Waals surface area contributed by atoms with E-state index in [1.54, 1.807) is 24.3 Å². The first kappa shape index (κ1) is 15.4. The zero-order chi connectivity index (χ0) is 18.8. The number of aromatic nitrogens is 1. The van der Waals surface area contributed by atoms with Gasteiger partial charge in [-0.05, 0) is 18.2 Å². The zero-order valence-electron chi connectivity index (χ0n) is 14.4. The van der Waals surface area contributed by atoms with Crippen LogP contribution in [0, 0.1) is 0 Å². The number of pyridine rings is 1. The molecule has 140 valence electrons. The Bertz CT molecular complexity index is 1230. The Balaban J connectivity index is 1.54. The summed E-state index contributed by atoms with van der Waals surface area (Å²) >= 11 is 0. The second kappa shape index (κ2) is 5.41. The molecule has 1 N–H and O–H groups in total. The van der Waals surface area contributed by atoms with Gasteiger partial charge in [0.1, 0.15) is 5.75 Å². The summed E-state index contributed by atoms with van der Waals surface area (Å²) in [4.78, 5) is 27.9. The van der Waals surface area contributed by atoms with E-state index in [1.807, 2.05) is 6.07 Å². The number of hydrogen-bond donors (Lipinski definition) is 1. The quantitative estimate of drug-likeness (QED) is 0.512. The van der Waals surface area contributed by atoms with Crippen LogP contribution in [0.3, 0.4) is 0 Å². The van der Waals surface area contributed by atoms with E-state index in [-0.39, 0.29) is 25.6 Å². The molecule has 0 saturated heterocycles. The lowest BCUT2D eigenvalue weighted by molar-refractivity contribution is -0.135. The molecule has 0 amide bonds. The number of ether oxygens (including phenoxy) is 5. The number of H-pyrrole nitrogens is 1. The van der Waals surface area contributed by atoms with Gasteiger partial charge in [0.15, 0.2) is 23.0 Å². The van der Waals surface area contributed by atoms with Crippen LogP contribution in [0.1, 0.15) is 23.5 Å². The van der Waals surface area contributed by atoms with Gasteiger partial charge in [-0.15, -0.1) is 0 Å². The average molecular weight is 379 g/mol. The second-order valence-electron chi connectivity index (χ2n) is 6.82. The molecule has 0 radical (unpaired) electrons. The van der Waals surface area contributed by atoms with Crippen LogP contribution in [-0.2, 0) is 4.79 Å². The summed E-state index contributed by atoms with van der Waals surface area (Å²) in [6.45, 7) is 0.262. The molecule has 3 aliphatic rings. The van der Waals surface area contributed by atoms with Crippen LogP contribution in [0.25, 0.3) is 10.9 Å². The Kier molecular flexibility index (Phi) is 2.98. The van der Waals surface area contributed by atoms with E-state index >= 15 is 0 Å². The van der Waals surface area contributed by atoms with E-state index in [4.69, 9.17) is 23.7 Å². The number of esters is 1. The molecule has 4 heterocycles. The normalized spacial score (nSPS) is 18.9. The smallest absolute Gasteiger partial charge is 0.312 e. The molecule has 0 unspecified atom stereocenters. The van der Waals surface area contributed by atoms with Crippen molar-refractivity contribution in [1.82, 2.24) is 4.98 Å². The number of nitrogens with one attached hydrogen (secondary N) is 1. The molecule has 1 aromatic heterocycles. The molecule has 8 nitrogen and oxygen atoms in total. The van der Waals surface area contributed by atoms with Gasteiger partial charge >= 0.3 is 5.97 Å². The van der Waals surface area contributed by atoms with Gasteiger partial charge in [-0.25, -0.2) is 0 Å². The molecule has 0 spiro atoms. The highest BCUT2D eigenvalue weighted by Crippen LogP contribution is 2.46. The van der Waals surface area contributed by atoms with Crippen LogP contribution in [-0.4, -0.2) is 24.5 Å². The van der Waals surface area contributed by atoms with Crippen LogP contribution < -0.4 is 29.2 Å². The van der Waals surface area contributed by atoms with Crippen molar-refractivity contribution in [2.24, 2.45) is 0 Å². The third-order valence-corrected chi connectivity index (χ3v) is 5.22. The monoisotopic (exact) mass is 379 g/mol. The number of hydrogen-bond acceptors (Lipinski definition) is 7. The van der Waals surface area contributed by atoms with E-state index in [0.29, 0.717) is 39.8 Å². The lowest BCUT2D eigenvalue weighted by atomic mass is 9.86. The fraction of sp³-hybridized carbons (Fsp3) is 0.200. The predicted octanol–water partition coefficient (Wildman–Crippen LogP) is 2.43. The SMILES string of the molecule is O=C1C[C@H](c2cc3cc4c(cc3[nH]c2=O)OCO4)c2cc3c(cc2O1)OCO3. The first-order valence-corrected chi connectivity index (χ1v) is 8.76. The number of fused-ring (bicyclic) bond motifs is 4. The van der Waals surface area contributed by atoms with Gasteiger partial charge < -0.3 is 28.7 Å². The maximum absolute atomic E-state index is 12.8. The molecule has 3 aromatic rings. The largest absolute Gasteiger partial charge is 0.454 e. The number of aromatic amines is 1. The fourth-order valence-electron chi connectivity index (χ4n) is 3.89. The van der Waals surface area contributed by atoms with E-state index in [0.717, 1.165) is 10.9 Å². The molecular formula is C20H13NO7. The molecule has 2 aromatic carbocycles. The molecule has 0 saturated carbocycles. The minimum absolute atomic E-state index is 0.0613. The van der Waals surface area contributed by atoms with E-state index in [9.17, 15) is 9.59 Å². The average Bonchev–Trinajstić information content (AvgIpc) is 3.31. The van der Waals surface area contributed by atoms with Crippen molar-refractivity contribution in [2.45, 2.75) is 12.3 Å². The first-order valence-electron chi connectivity index (χ1n) is 8.76. The molecule has 0 fully saturated rings. The van der Waals surface area contributed by atoms with Gasteiger partial charge in [-0.2, -0.15) is 0 Å². The maximum Gasteiger partial charge on any atom is 0.312 e. The fourth-order valence-corrected chi connectivity index (χ4v) is 3.89. The lowest BCUT2D eigenvalue weighted by Crippen LogP contribution is -2.25. The summed E-state index contributed by atoms with van der Waals surface area (Å²) in [5.41, 5.74) is 1.56. The van der Waals surface area contributed by atoms with Crippen LogP contribution in [0.2, 0.25) is 0 Å². The minimum atomic E-state index is -0.454. The van der Waals surface area contributed by atoms with Crippen molar-refractivity contribution in [3.05, 3.63) is 51.8 Å². The maximum atomic E-state index is 12.8. The molecule has 6 rings (SSSR count). The Morgan fingerprint density at radius 1 is 0.750 bits per heavy atom. The summed E-state index contributed by atoms with van der Waals surface area (Å²) in [6, 6.07) is 8.75. The second-order valence-corrected chi connectivity index (χ2v) is 6.82. The van der Waals surface area contributed by atoms with Gasteiger partial charge in [0.05, 0.1) is 11.9 Å². The third kappa shape index (κ3) is 2.17. The van der Waals surface area contributed by atoms with Gasteiger partial charge in [0.25, 0.3) is 5.56 Å². The first-order chi connectivity index (χ1) is 13.7. The number of benzene rings is 2. The molecule has 3 aliphatic heterocycles. The van der Waals surface area contributed by atoms with E-state index < -0.39 is 11.9 Å². The van der Waals surface area contributed by atoms with Crippen molar-refractivity contribution < 1.29 is 28.5 Å². The van der Waals surface area contributed by atoms with Gasteiger partial charge in [-0.3, -0.25) is 9.59 Å². The number of carbonyl (C=O) groups is 1. The Hall–Kier alpha value is -3.68. The van der Waals surface area contributed by atoms with E-state index in [2.05, 4.69) is 4.98 Å². The Morgan fingerprint density at radius 3 is 2.21 bits per heavy atom. The molecule has 0 aliphatic carbocycles. The number of rotatable bonds is 1. The van der Waals surface area contributed by atoms with Gasteiger partial charge in [-0.1, -0.05) is 0 Å². The Labute approximate surface area is 157 Å². The van der Waals surface area contributed by atoms with Crippen molar-refractivity contribution in [3.63, 3.8) is 0 Å².